The zero-order valence-electron chi connectivity index (χ0n) is 5.22. The van der Waals surface area contributed by atoms with Crippen molar-refractivity contribution in [2.45, 2.75) is 6.92 Å². The van der Waals surface area contributed by atoms with Crippen molar-refractivity contribution in [3.63, 3.8) is 0 Å². The molecule has 0 unspecified atom stereocenters. The topological polar surface area (TPSA) is 101 Å². The van der Waals surface area contributed by atoms with Gasteiger partial charge in [-0.1, -0.05) is 0 Å². The minimum absolute atomic E-state index is 0.500. The average Bonchev–Trinajstić information content (AvgIpc) is 1.62. The van der Waals surface area contributed by atoms with E-state index >= 15 is 0 Å². The molecule has 0 aromatic carbocycles. The van der Waals surface area contributed by atoms with E-state index in [0.717, 1.165) is 6.20 Å². The van der Waals surface area contributed by atoms with Crippen molar-refractivity contribution in [1.29, 1.82) is 0 Å². The third-order valence-corrected chi connectivity index (χ3v) is 0.271. The van der Waals surface area contributed by atoms with E-state index in [1.54, 1.807) is 6.92 Å². The standard InChI is InChI=1S/C3H5NO2.CH2O3/c1-2-3-4(5)6;2-1(3)4/h2-3H,1H3;(H2,2,3,4). The van der Waals surface area contributed by atoms with Crippen molar-refractivity contribution in [2.75, 3.05) is 0 Å². The number of carbonyl (C=O) groups is 1. The van der Waals surface area contributed by atoms with Gasteiger partial charge in [-0.25, -0.2) is 4.79 Å². The fourth-order valence-corrected chi connectivity index (χ4v) is 0.122. The molecule has 6 heteroatoms. The quantitative estimate of drug-likeness (QED) is 0.428. The number of hydrogen-bond acceptors (Lipinski definition) is 3. The van der Waals surface area contributed by atoms with Crippen LogP contribution >= 0.6 is 0 Å². The summed E-state index contributed by atoms with van der Waals surface area (Å²) in [5.41, 5.74) is 0. The van der Waals surface area contributed by atoms with Gasteiger partial charge in [0.05, 0.1) is 4.92 Å². The third-order valence-electron chi connectivity index (χ3n) is 0.271. The van der Waals surface area contributed by atoms with E-state index in [4.69, 9.17) is 15.0 Å². The van der Waals surface area contributed by atoms with Crippen molar-refractivity contribution in [2.24, 2.45) is 0 Å². The van der Waals surface area contributed by atoms with Crippen LogP contribution in [0.4, 0.5) is 4.79 Å². The summed E-state index contributed by atoms with van der Waals surface area (Å²) in [6.45, 7) is 1.60. The van der Waals surface area contributed by atoms with Crippen molar-refractivity contribution in [3.05, 3.63) is 22.4 Å². The molecule has 0 bridgehead atoms. The number of hydrogen-bond donors (Lipinski definition) is 2. The smallest absolute Gasteiger partial charge is 0.450 e. The molecule has 0 radical (unpaired) electrons. The maximum absolute atomic E-state index is 9.32. The summed E-state index contributed by atoms with van der Waals surface area (Å²) < 4.78 is 0. The van der Waals surface area contributed by atoms with Gasteiger partial charge in [-0.3, -0.25) is 10.1 Å². The van der Waals surface area contributed by atoms with Crippen LogP contribution in [0.15, 0.2) is 12.3 Å². The highest BCUT2D eigenvalue weighted by Gasteiger charge is 1.73. The van der Waals surface area contributed by atoms with Crippen LogP contribution in [0, 0.1) is 10.1 Å². The Morgan fingerprint density at radius 2 is 1.90 bits per heavy atom. The predicted octanol–water partition coefficient (Wildman–Crippen LogP) is 1.02. The number of nitro groups is 1. The maximum Gasteiger partial charge on any atom is 0.503 e. The minimum atomic E-state index is -1.83. The second-order valence-corrected chi connectivity index (χ2v) is 1.05. The van der Waals surface area contributed by atoms with Crippen molar-refractivity contribution < 1.29 is 19.9 Å². The van der Waals surface area contributed by atoms with Crippen LogP contribution in [-0.2, 0) is 0 Å². The number of nitrogens with zero attached hydrogens (tertiary/aromatic N) is 1. The Labute approximate surface area is 56.6 Å². The molecule has 58 valence electrons. The Bertz CT molecular complexity index is 137. The molecule has 0 amide bonds. The van der Waals surface area contributed by atoms with Gasteiger partial charge in [0.2, 0.25) is 6.20 Å². The predicted molar refractivity (Wildman–Crippen MR) is 32.5 cm³/mol. The molecule has 0 saturated heterocycles. The maximum atomic E-state index is 9.32. The molecule has 0 fully saturated rings. The van der Waals surface area contributed by atoms with Crippen LogP contribution in [-0.4, -0.2) is 21.3 Å². The molecule has 6 nitrogen and oxygen atoms in total. The summed E-state index contributed by atoms with van der Waals surface area (Å²) in [6, 6.07) is 0. The molecule has 0 aromatic heterocycles. The second-order valence-electron chi connectivity index (χ2n) is 1.05. The monoisotopic (exact) mass is 149 g/mol. The molecule has 2 N–H and O–H groups in total. The lowest BCUT2D eigenvalue weighted by atomic mass is 10.7. The zero-order chi connectivity index (χ0) is 8.57. The summed E-state index contributed by atoms with van der Waals surface area (Å²) in [4.78, 5) is 17.4. The van der Waals surface area contributed by atoms with Crippen LogP contribution in [0.25, 0.3) is 0 Å². The van der Waals surface area contributed by atoms with Crippen molar-refractivity contribution in [3.8, 4) is 0 Å². The van der Waals surface area contributed by atoms with E-state index in [9.17, 15) is 10.1 Å². The normalized spacial score (nSPS) is 8.10. The molecule has 0 atom stereocenters. The van der Waals surface area contributed by atoms with Gasteiger partial charge in [-0.05, 0) is 13.0 Å². The molecule has 0 aliphatic rings. The van der Waals surface area contributed by atoms with Gasteiger partial charge in [-0.2, -0.15) is 0 Å². The summed E-state index contributed by atoms with van der Waals surface area (Å²) in [5, 5.41) is 23.3. The largest absolute Gasteiger partial charge is 0.503 e. The molecule has 0 aliphatic carbocycles. The van der Waals surface area contributed by atoms with Gasteiger partial charge >= 0.3 is 6.16 Å². The van der Waals surface area contributed by atoms with Crippen LogP contribution < -0.4 is 0 Å². The molecule has 0 aromatic rings. The van der Waals surface area contributed by atoms with E-state index in [1.165, 1.54) is 6.08 Å². The Morgan fingerprint density at radius 1 is 1.60 bits per heavy atom. The first-order valence-corrected chi connectivity index (χ1v) is 2.19. The molecule has 0 saturated carbocycles. The Morgan fingerprint density at radius 3 is 1.90 bits per heavy atom. The fourth-order valence-electron chi connectivity index (χ4n) is 0.122. The molecule has 0 spiro atoms. The second kappa shape index (κ2) is 7.41. The minimum Gasteiger partial charge on any atom is -0.450 e. The highest BCUT2D eigenvalue weighted by molar-refractivity contribution is 5.53. The lowest BCUT2D eigenvalue weighted by molar-refractivity contribution is -0.402. The lowest BCUT2D eigenvalue weighted by Crippen LogP contribution is -1.81. The van der Waals surface area contributed by atoms with Gasteiger partial charge in [0.25, 0.3) is 0 Å². The van der Waals surface area contributed by atoms with Gasteiger partial charge in [0.1, 0.15) is 0 Å². The Hall–Kier alpha value is -1.59. The number of allylic oxidation sites excluding steroid dienone is 1. The molecule has 0 heterocycles. The van der Waals surface area contributed by atoms with E-state index in [-0.39, 0.29) is 0 Å². The molecular weight excluding hydrogens is 142 g/mol. The molecule has 0 rings (SSSR count). The summed E-state index contributed by atoms with van der Waals surface area (Å²) >= 11 is 0. The Kier molecular flexibility index (Phi) is 8.33. The van der Waals surface area contributed by atoms with Gasteiger partial charge in [-0.15, -0.1) is 0 Å². The molecule has 10 heavy (non-hydrogen) atoms. The molecular formula is C4H7NO5. The number of rotatable bonds is 1. The zero-order valence-corrected chi connectivity index (χ0v) is 5.22. The van der Waals surface area contributed by atoms with Crippen LogP contribution in [0.5, 0.6) is 0 Å². The van der Waals surface area contributed by atoms with E-state index in [0.29, 0.717) is 0 Å². The van der Waals surface area contributed by atoms with Crippen LogP contribution in [0.3, 0.4) is 0 Å². The summed E-state index contributed by atoms with van der Waals surface area (Å²) in [7, 11) is 0. The van der Waals surface area contributed by atoms with Crippen molar-refractivity contribution >= 4 is 6.16 Å². The lowest BCUT2D eigenvalue weighted by Gasteiger charge is -1.69. The highest BCUT2D eigenvalue weighted by atomic mass is 16.6. The van der Waals surface area contributed by atoms with E-state index in [2.05, 4.69) is 0 Å². The van der Waals surface area contributed by atoms with Gasteiger partial charge in [0.15, 0.2) is 0 Å². The third kappa shape index (κ3) is 94.4. The Balaban J connectivity index is 0. The van der Waals surface area contributed by atoms with E-state index < -0.39 is 11.1 Å². The first-order valence-electron chi connectivity index (χ1n) is 2.19. The van der Waals surface area contributed by atoms with E-state index in [1.807, 2.05) is 0 Å². The van der Waals surface area contributed by atoms with Crippen molar-refractivity contribution in [1.82, 2.24) is 0 Å². The first-order chi connectivity index (χ1) is 4.50. The molecule has 0 aliphatic heterocycles. The average molecular weight is 149 g/mol. The van der Waals surface area contributed by atoms with Gasteiger partial charge < -0.3 is 10.2 Å². The van der Waals surface area contributed by atoms with Gasteiger partial charge in [0, 0.05) is 0 Å². The van der Waals surface area contributed by atoms with Crippen LogP contribution in [0.1, 0.15) is 6.92 Å². The van der Waals surface area contributed by atoms with Crippen LogP contribution in [0.2, 0.25) is 0 Å². The SMILES string of the molecule is CC=C[N+](=O)[O-].O=C(O)O. The fraction of sp³-hybridized carbons (Fsp3) is 0.250. The highest BCUT2D eigenvalue weighted by Crippen LogP contribution is 1.67. The number of carboxylic acid groups (broad SMARTS) is 2. The summed E-state index contributed by atoms with van der Waals surface area (Å²) in [6.07, 6.45) is 0.431. The first kappa shape index (κ1) is 11.2. The summed E-state index contributed by atoms with van der Waals surface area (Å²) in [5.74, 6) is 0.